The Balaban J connectivity index is 2.50. The van der Waals surface area contributed by atoms with Crippen LogP contribution in [0.25, 0.3) is 0 Å². The number of carbonyl (C=O) groups is 2. The Hall–Kier alpha value is -1.54. The van der Waals surface area contributed by atoms with E-state index in [-0.39, 0.29) is 31.0 Å². The van der Waals surface area contributed by atoms with Crippen LogP contribution >= 0.6 is 0 Å². The van der Waals surface area contributed by atoms with Gasteiger partial charge >= 0.3 is 5.97 Å². The minimum atomic E-state index is -3.72. The first kappa shape index (κ1) is 19.2. The van der Waals surface area contributed by atoms with Crippen molar-refractivity contribution in [3.05, 3.63) is 24.3 Å². The average Bonchev–Trinajstić information content (AvgIpc) is 3.00. The number of rotatable bonds is 15. The van der Waals surface area contributed by atoms with Gasteiger partial charge in [0.05, 0.1) is 25.6 Å². The van der Waals surface area contributed by atoms with Crippen LogP contribution < -0.4 is 0 Å². The topological polar surface area (TPSA) is 124 Å². The van der Waals surface area contributed by atoms with Crippen LogP contribution in [0.2, 0.25) is 0 Å². The third-order valence-corrected chi connectivity index (χ3v) is 5.07. The van der Waals surface area contributed by atoms with Gasteiger partial charge in [-0.2, -0.15) is 0 Å². The van der Waals surface area contributed by atoms with Gasteiger partial charge in [0.25, 0.3) is 0 Å². The normalized spacial score (nSPS) is 28.5. The van der Waals surface area contributed by atoms with Crippen LogP contribution in [-0.4, -0.2) is 63.6 Å². The molecule has 1 fully saturated rings. The first-order chi connectivity index (χ1) is 16.1. The van der Waals surface area contributed by atoms with E-state index in [4.69, 9.17) is 12.0 Å². The van der Waals surface area contributed by atoms with Gasteiger partial charge in [0, 0.05) is 24.7 Å². The van der Waals surface area contributed by atoms with Crippen LogP contribution in [0.15, 0.2) is 24.3 Å². The Labute approximate surface area is 186 Å². The van der Waals surface area contributed by atoms with Crippen molar-refractivity contribution < 1.29 is 41.6 Å². The van der Waals surface area contributed by atoms with Crippen LogP contribution in [-0.2, 0) is 14.3 Å². The summed E-state index contributed by atoms with van der Waals surface area (Å²) in [6.45, 7) is -5.06. The maximum atomic E-state index is 12.3. The summed E-state index contributed by atoms with van der Waals surface area (Å²) in [6.07, 6.45) is 6.08. The second kappa shape index (κ2) is 15.3. The number of hydrogen-bond acceptors (Lipinski definition) is 7. The molecule has 30 heavy (non-hydrogen) atoms. The molecule has 0 aliphatic heterocycles. The van der Waals surface area contributed by atoms with E-state index in [1.54, 1.807) is 24.3 Å². The second-order valence-electron chi connectivity index (χ2n) is 7.51. The maximum absolute atomic E-state index is 12.3. The molecule has 0 radical (unpaired) electrons. The molecule has 1 rings (SSSR count). The van der Waals surface area contributed by atoms with Crippen LogP contribution in [0.1, 0.15) is 71.6 Å². The zero-order valence-electron chi connectivity index (χ0n) is 22.5. The highest BCUT2D eigenvalue weighted by Crippen LogP contribution is 2.33. The monoisotopic (exact) mass is 431 g/mol. The van der Waals surface area contributed by atoms with Crippen molar-refractivity contribution in [1.82, 2.24) is 0 Å². The van der Waals surface area contributed by atoms with Gasteiger partial charge in [-0.05, 0) is 25.7 Å². The Kier molecular flexibility index (Phi) is 9.77. The Morgan fingerprint density at radius 3 is 2.80 bits per heavy atom. The summed E-state index contributed by atoms with van der Waals surface area (Å²) in [6, 6.07) is 0. The molecule has 1 aliphatic rings. The van der Waals surface area contributed by atoms with Crippen molar-refractivity contribution in [3.8, 4) is 0 Å². The largest absolute Gasteiger partial charge is 0.463 e. The van der Waals surface area contributed by atoms with Gasteiger partial charge in [0.2, 0.25) is 0 Å². The fourth-order valence-corrected chi connectivity index (χ4v) is 3.39. The Morgan fingerprint density at radius 2 is 2.10 bits per heavy atom. The van der Waals surface area contributed by atoms with Crippen molar-refractivity contribution in [2.24, 2.45) is 11.8 Å². The number of ketones is 1. The lowest BCUT2D eigenvalue weighted by atomic mass is 9.90. The van der Waals surface area contributed by atoms with Gasteiger partial charge in [0.15, 0.2) is 0 Å². The van der Waals surface area contributed by atoms with Crippen LogP contribution in [0, 0.1) is 11.8 Å². The summed E-state index contributed by atoms with van der Waals surface area (Å²) >= 11 is 0. The molecule has 1 aliphatic carbocycles. The first-order valence-electron chi connectivity index (χ1n) is 13.0. The molecule has 7 nitrogen and oxygen atoms in total. The number of ether oxygens (including phenoxy) is 1. The fraction of sp³-hybridized carbons (Fsp3) is 0.739. The molecule has 5 atom stereocenters. The third-order valence-electron chi connectivity index (χ3n) is 5.07. The lowest BCUT2D eigenvalue weighted by molar-refractivity contribution is -0.147. The van der Waals surface area contributed by atoms with E-state index in [0.29, 0.717) is 19.3 Å². The summed E-state index contributed by atoms with van der Waals surface area (Å²) in [7, 11) is 0. The molecule has 0 amide bonds. The van der Waals surface area contributed by atoms with Crippen LogP contribution in [0.4, 0.5) is 0 Å². The molecule has 4 N–H and O–H groups in total. The molecular weight excluding hydrogens is 388 g/mol. The Bertz CT molecular complexity index is 749. The number of carbonyl (C=O) groups excluding carboxylic acids is 2. The standard InChI is InChI=1S/C23H38O7/c1-2-3-6-9-17(25)12-13-20-19(21(27)14-22(20)28)10-7-4-5-8-11-23(29)30-16-18(26)15-24/h4,7,12-13,17-20,22,24-26,28H,2-3,5-6,8-11,14-16H2,1H3/b7-4-,13-12+/t17-,18?,19+,20+,22+/m0/s1/i15D2,16D2,18D. The van der Waals surface area contributed by atoms with E-state index in [9.17, 15) is 24.9 Å². The molecule has 1 saturated carbocycles. The summed E-state index contributed by atoms with van der Waals surface area (Å²) in [4.78, 5) is 24.1. The van der Waals surface area contributed by atoms with Gasteiger partial charge in [-0.25, -0.2) is 0 Å². The second-order valence-corrected chi connectivity index (χ2v) is 7.51. The summed E-state index contributed by atoms with van der Waals surface area (Å²) in [5, 5.41) is 39.0. The van der Waals surface area contributed by atoms with E-state index in [0.717, 1.165) is 19.3 Å². The average molecular weight is 432 g/mol. The number of Topliss-reactive ketones (excluding diaryl/α,β-unsaturated/α-hetero) is 1. The SMILES string of the molecule is [2H]C([2H])(O)C([2H])(O)C([2H])([2H])OC(=O)CCC/C=C\C[C@H]1C(=O)C[C@@H](O)[C@@H]1/C=C/[C@@H](O)CCCCC. The number of allylic oxidation sites excluding steroid dienone is 2. The first-order valence-corrected chi connectivity index (χ1v) is 10.5. The zero-order chi connectivity index (χ0) is 26.9. The van der Waals surface area contributed by atoms with Crippen LogP contribution in [0.3, 0.4) is 0 Å². The molecule has 1 unspecified atom stereocenters. The predicted octanol–water partition coefficient (Wildman–Crippen LogP) is 2.06. The summed E-state index contributed by atoms with van der Waals surface area (Å²) in [5.74, 6) is -1.98. The minimum Gasteiger partial charge on any atom is -0.463 e. The molecule has 0 aromatic heterocycles. The van der Waals surface area contributed by atoms with Gasteiger partial charge < -0.3 is 25.2 Å². The van der Waals surface area contributed by atoms with Crippen molar-refractivity contribution >= 4 is 11.8 Å². The highest BCUT2D eigenvalue weighted by Gasteiger charge is 2.39. The third kappa shape index (κ3) is 10.5. The zero-order valence-corrected chi connectivity index (χ0v) is 17.5. The lowest BCUT2D eigenvalue weighted by Crippen LogP contribution is -2.21. The van der Waals surface area contributed by atoms with Crippen molar-refractivity contribution in [2.45, 2.75) is 83.0 Å². The molecule has 0 aromatic carbocycles. The van der Waals surface area contributed by atoms with Crippen molar-refractivity contribution in [2.75, 3.05) is 13.1 Å². The number of aliphatic hydroxyl groups excluding tert-OH is 2. The number of esters is 1. The van der Waals surface area contributed by atoms with E-state index in [1.165, 1.54) is 0 Å². The number of unbranched alkanes of at least 4 members (excludes halogenated alkanes) is 3. The van der Waals surface area contributed by atoms with E-state index >= 15 is 0 Å². The molecule has 172 valence electrons. The predicted molar refractivity (Wildman–Crippen MR) is 114 cm³/mol. The fourth-order valence-electron chi connectivity index (χ4n) is 3.39. The summed E-state index contributed by atoms with van der Waals surface area (Å²) in [5.41, 5.74) is 0. The van der Waals surface area contributed by atoms with Gasteiger partial charge in [0.1, 0.15) is 18.4 Å². The lowest BCUT2D eigenvalue weighted by Gasteiger charge is -2.16. The molecule has 0 aromatic rings. The number of hydrogen-bond donors (Lipinski definition) is 4. The highest BCUT2D eigenvalue weighted by molar-refractivity contribution is 5.84. The molecule has 0 heterocycles. The van der Waals surface area contributed by atoms with Crippen molar-refractivity contribution in [1.29, 1.82) is 0 Å². The molecular formula is C23H38O7. The van der Waals surface area contributed by atoms with E-state index < -0.39 is 43.3 Å². The van der Waals surface area contributed by atoms with E-state index in [1.807, 2.05) is 0 Å². The van der Waals surface area contributed by atoms with Gasteiger partial charge in [-0.3, -0.25) is 9.59 Å². The van der Waals surface area contributed by atoms with Gasteiger partial charge in [-0.1, -0.05) is 50.5 Å². The van der Waals surface area contributed by atoms with Gasteiger partial charge in [-0.15, -0.1) is 0 Å². The summed E-state index contributed by atoms with van der Waals surface area (Å²) < 4.78 is 40.3. The molecule has 0 spiro atoms. The van der Waals surface area contributed by atoms with Crippen LogP contribution in [0.5, 0.6) is 0 Å². The smallest absolute Gasteiger partial charge is 0.305 e. The Morgan fingerprint density at radius 1 is 1.33 bits per heavy atom. The number of aliphatic hydroxyl groups is 4. The van der Waals surface area contributed by atoms with E-state index in [2.05, 4.69) is 11.7 Å². The quantitative estimate of drug-likeness (QED) is 0.178. The van der Waals surface area contributed by atoms with Crippen molar-refractivity contribution in [3.63, 3.8) is 0 Å². The highest BCUT2D eigenvalue weighted by atomic mass is 16.5. The molecule has 0 saturated heterocycles. The maximum Gasteiger partial charge on any atom is 0.305 e. The minimum absolute atomic E-state index is 0.0569. The molecule has 0 bridgehead atoms. The molecule has 7 heteroatoms.